The first-order chi connectivity index (χ1) is 5.95. The van der Waals surface area contributed by atoms with Crippen molar-refractivity contribution in [2.75, 3.05) is 0 Å². The minimum atomic E-state index is 0.866. The summed E-state index contributed by atoms with van der Waals surface area (Å²) < 4.78 is 7.16. The summed E-state index contributed by atoms with van der Waals surface area (Å²) in [7, 11) is 0. The standard InChI is InChI=1S/C8H5N3O/c1-2-12-8-3-6-4-9-10-5-11(6)7(1)8/h1-5H. The molecule has 0 saturated heterocycles. The predicted molar refractivity (Wildman–Crippen MR) is 42.8 cm³/mol. The Morgan fingerprint density at radius 3 is 3.33 bits per heavy atom. The number of aromatic nitrogens is 3. The molecule has 0 atom stereocenters. The van der Waals surface area contributed by atoms with E-state index < -0.39 is 0 Å². The number of fused-ring (bicyclic) bond motifs is 3. The Morgan fingerprint density at radius 2 is 2.33 bits per heavy atom. The Morgan fingerprint density at radius 1 is 1.33 bits per heavy atom. The normalized spacial score (nSPS) is 11.3. The fourth-order valence-corrected chi connectivity index (χ4v) is 1.37. The first-order valence-electron chi connectivity index (χ1n) is 3.60. The van der Waals surface area contributed by atoms with Crippen molar-refractivity contribution >= 4 is 16.6 Å². The highest BCUT2D eigenvalue weighted by Gasteiger charge is 2.03. The van der Waals surface area contributed by atoms with Gasteiger partial charge in [0.25, 0.3) is 0 Å². The maximum atomic E-state index is 5.23. The Labute approximate surface area is 67.4 Å². The third-order valence-electron chi connectivity index (χ3n) is 1.91. The van der Waals surface area contributed by atoms with Crippen LogP contribution in [0.5, 0.6) is 0 Å². The highest BCUT2D eigenvalue weighted by molar-refractivity contribution is 5.81. The zero-order chi connectivity index (χ0) is 7.97. The van der Waals surface area contributed by atoms with Crippen molar-refractivity contribution in [2.45, 2.75) is 0 Å². The second-order valence-electron chi connectivity index (χ2n) is 2.58. The number of hydrogen-bond acceptors (Lipinski definition) is 3. The topological polar surface area (TPSA) is 43.3 Å². The minimum absolute atomic E-state index is 0.866. The Kier molecular flexibility index (Phi) is 0.889. The van der Waals surface area contributed by atoms with E-state index in [-0.39, 0.29) is 0 Å². The van der Waals surface area contributed by atoms with Crippen molar-refractivity contribution in [1.29, 1.82) is 0 Å². The van der Waals surface area contributed by atoms with E-state index in [1.54, 1.807) is 18.8 Å². The minimum Gasteiger partial charge on any atom is -0.463 e. The molecule has 0 aliphatic rings. The molecular weight excluding hydrogens is 154 g/mol. The van der Waals surface area contributed by atoms with Gasteiger partial charge in [-0.3, -0.25) is 4.40 Å². The van der Waals surface area contributed by atoms with Crippen molar-refractivity contribution < 1.29 is 4.42 Å². The highest BCUT2D eigenvalue weighted by atomic mass is 16.3. The van der Waals surface area contributed by atoms with E-state index in [4.69, 9.17) is 4.42 Å². The number of nitrogens with zero attached hydrogens (tertiary/aromatic N) is 3. The van der Waals surface area contributed by atoms with Gasteiger partial charge in [-0.25, -0.2) is 0 Å². The molecule has 58 valence electrons. The maximum Gasteiger partial charge on any atom is 0.152 e. The van der Waals surface area contributed by atoms with Gasteiger partial charge in [-0.2, -0.15) is 5.10 Å². The van der Waals surface area contributed by atoms with E-state index >= 15 is 0 Å². The van der Waals surface area contributed by atoms with Crippen molar-refractivity contribution in [3.8, 4) is 0 Å². The summed E-state index contributed by atoms with van der Waals surface area (Å²) >= 11 is 0. The number of rotatable bonds is 0. The lowest BCUT2D eigenvalue weighted by atomic mass is 10.5. The summed E-state index contributed by atoms with van der Waals surface area (Å²) in [6.45, 7) is 0. The fraction of sp³-hybridized carbons (Fsp3) is 0. The quantitative estimate of drug-likeness (QED) is 0.499. The Balaban J connectivity index is 2.68. The van der Waals surface area contributed by atoms with Crippen LogP contribution in [-0.2, 0) is 0 Å². The average Bonchev–Trinajstić information content (AvgIpc) is 2.62. The largest absolute Gasteiger partial charge is 0.463 e. The Hall–Kier alpha value is -1.84. The van der Waals surface area contributed by atoms with Crippen molar-refractivity contribution in [2.24, 2.45) is 0 Å². The van der Waals surface area contributed by atoms with Gasteiger partial charge in [-0.1, -0.05) is 0 Å². The summed E-state index contributed by atoms with van der Waals surface area (Å²) in [5.41, 5.74) is 2.89. The monoisotopic (exact) mass is 159 g/mol. The molecule has 0 fully saturated rings. The van der Waals surface area contributed by atoms with E-state index in [1.165, 1.54) is 0 Å². The van der Waals surface area contributed by atoms with Crippen LogP contribution in [0.15, 0.2) is 35.3 Å². The van der Waals surface area contributed by atoms with Crippen LogP contribution in [0, 0.1) is 0 Å². The molecule has 3 aromatic heterocycles. The molecule has 0 aromatic carbocycles. The van der Waals surface area contributed by atoms with Gasteiger partial charge in [0.2, 0.25) is 0 Å². The van der Waals surface area contributed by atoms with Crippen LogP contribution in [0.25, 0.3) is 16.6 Å². The second kappa shape index (κ2) is 1.85. The Bertz CT molecular complexity index is 536. The van der Waals surface area contributed by atoms with E-state index in [2.05, 4.69) is 10.2 Å². The summed E-state index contributed by atoms with van der Waals surface area (Å²) in [6, 6.07) is 3.84. The number of furan rings is 1. The molecule has 0 aliphatic carbocycles. The molecule has 3 rings (SSSR count). The van der Waals surface area contributed by atoms with Gasteiger partial charge in [0.1, 0.15) is 6.33 Å². The van der Waals surface area contributed by atoms with Crippen LogP contribution in [0.4, 0.5) is 0 Å². The average molecular weight is 159 g/mol. The molecule has 0 amide bonds. The summed E-state index contributed by atoms with van der Waals surface area (Å²) in [4.78, 5) is 0. The highest BCUT2D eigenvalue weighted by Crippen LogP contribution is 2.19. The predicted octanol–water partition coefficient (Wildman–Crippen LogP) is 1.48. The van der Waals surface area contributed by atoms with E-state index in [0.717, 1.165) is 16.6 Å². The summed E-state index contributed by atoms with van der Waals surface area (Å²) in [6.07, 6.45) is 5.04. The third kappa shape index (κ3) is 0.567. The fourth-order valence-electron chi connectivity index (χ4n) is 1.37. The first kappa shape index (κ1) is 5.77. The van der Waals surface area contributed by atoms with Gasteiger partial charge in [0.05, 0.1) is 23.5 Å². The first-order valence-corrected chi connectivity index (χ1v) is 3.60. The molecule has 3 heterocycles. The third-order valence-corrected chi connectivity index (χ3v) is 1.91. The smallest absolute Gasteiger partial charge is 0.152 e. The van der Waals surface area contributed by atoms with Crippen molar-refractivity contribution in [3.05, 3.63) is 30.9 Å². The lowest BCUT2D eigenvalue weighted by Gasteiger charge is -1.89. The zero-order valence-corrected chi connectivity index (χ0v) is 6.14. The van der Waals surface area contributed by atoms with E-state index in [0.29, 0.717) is 0 Å². The van der Waals surface area contributed by atoms with Gasteiger partial charge < -0.3 is 4.42 Å². The molecule has 12 heavy (non-hydrogen) atoms. The molecule has 0 radical (unpaired) electrons. The van der Waals surface area contributed by atoms with Crippen LogP contribution in [0.1, 0.15) is 0 Å². The van der Waals surface area contributed by atoms with Crippen LogP contribution in [0.2, 0.25) is 0 Å². The van der Waals surface area contributed by atoms with Gasteiger partial charge in [-0.15, -0.1) is 5.10 Å². The van der Waals surface area contributed by atoms with Crippen LogP contribution in [-0.4, -0.2) is 14.6 Å². The van der Waals surface area contributed by atoms with Gasteiger partial charge >= 0.3 is 0 Å². The lowest BCUT2D eigenvalue weighted by Crippen LogP contribution is -1.86. The van der Waals surface area contributed by atoms with E-state index in [1.807, 2.05) is 16.5 Å². The molecule has 0 saturated carbocycles. The SMILES string of the molecule is c1cc2c(cc3cnncn32)o1. The lowest BCUT2D eigenvalue weighted by molar-refractivity contribution is 0.616. The molecule has 0 N–H and O–H groups in total. The van der Waals surface area contributed by atoms with Gasteiger partial charge in [-0.05, 0) is 0 Å². The van der Waals surface area contributed by atoms with Crippen LogP contribution < -0.4 is 0 Å². The van der Waals surface area contributed by atoms with Crippen molar-refractivity contribution in [3.63, 3.8) is 0 Å². The summed E-state index contributed by atoms with van der Waals surface area (Å²) in [5.74, 6) is 0. The van der Waals surface area contributed by atoms with Crippen LogP contribution >= 0.6 is 0 Å². The molecule has 0 bridgehead atoms. The van der Waals surface area contributed by atoms with E-state index in [9.17, 15) is 0 Å². The molecule has 4 heteroatoms. The molecule has 0 spiro atoms. The molecule has 3 aromatic rings. The van der Waals surface area contributed by atoms with Gasteiger partial charge in [0.15, 0.2) is 5.58 Å². The second-order valence-corrected chi connectivity index (χ2v) is 2.58. The zero-order valence-electron chi connectivity index (χ0n) is 6.14. The number of hydrogen-bond donors (Lipinski definition) is 0. The molecule has 0 unspecified atom stereocenters. The molecular formula is C8H5N3O. The maximum absolute atomic E-state index is 5.23. The molecule has 0 aliphatic heterocycles. The van der Waals surface area contributed by atoms with Crippen LogP contribution in [0.3, 0.4) is 0 Å². The van der Waals surface area contributed by atoms with Gasteiger partial charge in [0, 0.05) is 12.1 Å². The van der Waals surface area contributed by atoms with Crippen molar-refractivity contribution in [1.82, 2.24) is 14.6 Å². The summed E-state index contributed by atoms with van der Waals surface area (Å²) in [5, 5.41) is 7.56. The molecule has 4 nitrogen and oxygen atoms in total.